The number of thioether (sulfide) groups is 1. The number of aromatic nitrogens is 1. The molecule has 2 aromatic rings. The first kappa shape index (κ1) is 20.8. The SMILES string of the molecule is CCOc1ccccc1CN(C)C(=O)c1cc(S(=O)(=O)N2CCSCC2)c[nH]1. The van der Waals surface area contributed by atoms with E-state index in [0.29, 0.717) is 26.2 Å². The number of hydrogen-bond acceptors (Lipinski definition) is 5. The Morgan fingerprint density at radius 1 is 1.29 bits per heavy atom. The average molecular weight is 424 g/mol. The van der Waals surface area contributed by atoms with Crippen LogP contribution in [0.25, 0.3) is 0 Å². The third-order valence-corrected chi connectivity index (χ3v) is 7.34. The maximum absolute atomic E-state index is 12.8. The number of aromatic amines is 1. The lowest BCUT2D eigenvalue weighted by atomic mass is 10.2. The molecule has 0 spiro atoms. The molecule has 0 saturated carbocycles. The summed E-state index contributed by atoms with van der Waals surface area (Å²) in [7, 11) is -1.89. The average Bonchev–Trinajstić information content (AvgIpc) is 3.21. The van der Waals surface area contributed by atoms with Gasteiger partial charge in [0.15, 0.2) is 0 Å². The van der Waals surface area contributed by atoms with E-state index in [2.05, 4.69) is 4.98 Å². The fourth-order valence-electron chi connectivity index (χ4n) is 3.05. The summed E-state index contributed by atoms with van der Waals surface area (Å²) >= 11 is 1.74. The number of ether oxygens (including phenoxy) is 1. The van der Waals surface area contributed by atoms with E-state index in [1.807, 2.05) is 31.2 Å². The molecule has 2 heterocycles. The molecule has 1 aromatic carbocycles. The van der Waals surface area contributed by atoms with E-state index < -0.39 is 10.0 Å². The third-order valence-electron chi connectivity index (χ3n) is 4.52. The summed E-state index contributed by atoms with van der Waals surface area (Å²) in [6.07, 6.45) is 1.40. The number of H-pyrrole nitrogens is 1. The molecular weight excluding hydrogens is 398 g/mol. The van der Waals surface area contributed by atoms with Gasteiger partial charge in [-0.3, -0.25) is 4.79 Å². The van der Waals surface area contributed by atoms with Crippen molar-refractivity contribution in [2.75, 3.05) is 38.2 Å². The van der Waals surface area contributed by atoms with Gasteiger partial charge in [-0.15, -0.1) is 0 Å². The highest BCUT2D eigenvalue weighted by Crippen LogP contribution is 2.23. The number of carbonyl (C=O) groups is 1. The van der Waals surface area contributed by atoms with Gasteiger partial charge in [0.2, 0.25) is 10.0 Å². The van der Waals surface area contributed by atoms with Crippen molar-refractivity contribution in [3.63, 3.8) is 0 Å². The summed E-state index contributed by atoms with van der Waals surface area (Å²) < 4.78 is 32.6. The highest BCUT2D eigenvalue weighted by molar-refractivity contribution is 7.99. The summed E-state index contributed by atoms with van der Waals surface area (Å²) in [5, 5.41) is 0. The molecule has 1 aromatic heterocycles. The van der Waals surface area contributed by atoms with E-state index >= 15 is 0 Å². The van der Waals surface area contributed by atoms with Gasteiger partial charge < -0.3 is 14.6 Å². The third kappa shape index (κ3) is 4.53. The maximum Gasteiger partial charge on any atom is 0.270 e. The number of nitrogens with one attached hydrogen (secondary N) is 1. The van der Waals surface area contributed by atoms with Gasteiger partial charge in [-0.05, 0) is 19.1 Å². The molecule has 0 atom stereocenters. The van der Waals surface area contributed by atoms with Gasteiger partial charge in [0.25, 0.3) is 5.91 Å². The van der Waals surface area contributed by atoms with Crippen LogP contribution < -0.4 is 4.74 Å². The van der Waals surface area contributed by atoms with Crippen LogP contribution in [0.15, 0.2) is 41.4 Å². The summed E-state index contributed by atoms with van der Waals surface area (Å²) in [5.41, 5.74) is 1.15. The molecule has 1 fully saturated rings. The number of carbonyl (C=O) groups excluding carboxylic acids is 1. The van der Waals surface area contributed by atoms with Crippen molar-refractivity contribution in [2.24, 2.45) is 0 Å². The van der Waals surface area contributed by atoms with Crippen molar-refractivity contribution < 1.29 is 17.9 Å². The molecule has 152 valence electrons. The van der Waals surface area contributed by atoms with Gasteiger partial charge in [-0.1, -0.05) is 18.2 Å². The number of sulfonamides is 1. The number of benzene rings is 1. The van der Waals surface area contributed by atoms with Crippen molar-refractivity contribution in [2.45, 2.75) is 18.4 Å². The Bertz CT molecular complexity index is 921. The lowest BCUT2D eigenvalue weighted by Crippen LogP contribution is -2.37. The molecule has 28 heavy (non-hydrogen) atoms. The molecule has 0 bridgehead atoms. The van der Waals surface area contributed by atoms with Crippen molar-refractivity contribution in [1.29, 1.82) is 0 Å². The van der Waals surface area contributed by atoms with E-state index in [-0.39, 0.29) is 16.5 Å². The van der Waals surface area contributed by atoms with Crippen LogP contribution in [0.5, 0.6) is 5.75 Å². The molecule has 7 nitrogen and oxygen atoms in total. The molecule has 1 aliphatic heterocycles. The van der Waals surface area contributed by atoms with Crippen molar-refractivity contribution >= 4 is 27.7 Å². The molecule has 1 N–H and O–H groups in total. The zero-order valence-electron chi connectivity index (χ0n) is 16.1. The molecule has 0 unspecified atom stereocenters. The van der Waals surface area contributed by atoms with Crippen LogP contribution in [-0.2, 0) is 16.6 Å². The number of rotatable bonds is 7. The Kier molecular flexibility index (Phi) is 6.69. The van der Waals surface area contributed by atoms with Crippen LogP contribution >= 0.6 is 11.8 Å². The van der Waals surface area contributed by atoms with E-state index in [1.165, 1.54) is 21.5 Å². The second-order valence-corrected chi connectivity index (χ2v) is 9.63. The van der Waals surface area contributed by atoms with Gasteiger partial charge in [0, 0.05) is 49.9 Å². The van der Waals surface area contributed by atoms with Crippen LogP contribution in [0.3, 0.4) is 0 Å². The van der Waals surface area contributed by atoms with E-state index in [9.17, 15) is 13.2 Å². The van der Waals surface area contributed by atoms with Gasteiger partial charge >= 0.3 is 0 Å². The lowest BCUT2D eigenvalue weighted by molar-refractivity contribution is 0.0779. The minimum atomic E-state index is -3.58. The van der Waals surface area contributed by atoms with Crippen LogP contribution in [0.2, 0.25) is 0 Å². The molecular formula is C19H25N3O4S2. The highest BCUT2D eigenvalue weighted by atomic mass is 32.2. The summed E-state index contributed by atoms with van der Waals surface area (Å²) in [6, 6.07) is 8.98. The smallest absolute Gasteiger partial charge is 0.270 e. The normalized spacial score (nSPS) is 15.4. The molecule has 0 radical (unpaired) electrons. The Morgan fingerprint density at radius 3 is 2.71 bits per heavy atom. The van der Waals surface area contributed by atoms with Gasteiger partial charge in [-0.2, -0.15) is 16.1 Å². The van der Waals surface area contributed by atoms with Crippen LogP contribution in [0.1, 0.15) is 23.0 Å². The fraction of sp³-hybridized carbons (Fsp3) is 0.421. The van der Waals surface area contributed by atoms with Gasteiger partial charge in [0.1, 0.15) is 16.3 Å². The summed E-state index contributed by atoms with van der Waals surface area (Å²) in [4.78, 5) is 17.3. The lowest BCUT2D eigenvalue weighted by Gasteiger charge is -2.24. The zero-order chi connectivity index (χ0) is 20.1. The van der Waals surface area contributed by atoms with Crippen molar-refractivity contribution in [3.8, 4) is 5.75 Å². The second-order valence-electron chi connectivity index (χ2n) is 6.47. The molecule has 1 saturated heterocycles. The van der Waals surface area contributed by atoms with Crippen LogP contribution in [0, 0.1) is 0 Å². The molecule has 9 heteroatoms. The first-order chi connectivity index (χ1) is 13.4. The van der Waals surface area contributed by atoms with E-state index in [4.69, 9.17) is 4.74 Å². The summed E-state index contributed by atoms with van der Waals surface area (Å²) in [6.45, 7) is 3.81. The zero-order valence-corrected chi connectivity index (χ0v) is 17.7. The number of nitrogens with zero attached hydrogens (tertiary/aromatic N) is 2. The van der Waals surface area contributed by atoms with Crippen molar-refractivity contribution in [1.82, 2.24) is 14.2 Å². The van der Waals surface area contributed by atoms with Gasteiger partial charge in [0.05, 0.1) is 6.61 Å². The quantitative estimate of drug-likeness (QED) is 0.740. The predicted octanol–water partition coefficient (Wildman–Crippen LogP) is 2.42. The largest absolute Gasteiger partial charge is 0.494 e. The maximum atomic E-state index is 12.8. The minimum absolute atomic E-state index is 0.130. The summed E-state index contributed by atoms with van der Waals surface area (Å²) in [5.74, 6) is 2.04. The highest BCUT2D eigenvalue weighted by Gasteiger charge is 2.28. The fourth-order valence-corrected chi connectivity index (χ4v) is 5.62. The molecule has 1 aliphatic rings. The Morgan fingerprint density at radius 2 is 2.00 bits per heavy atom. The molecule has 0 aliphatic carbocycles. The Labute approximate surface area is 170 Å². The van der Waals surface area contributed by atoms with E-state index in [1.54, 1.807) is 18.8 Å². The van der Waals surface area contributed by atoms with Crippen LogP contribution in [0.4, 0.5) is 0 Å². The number of para-hydroxylation sites is 1. The molecule has 3 rings (SSSR count). The number of hydrogen-bond donors (Lipinski definition) is 1. The standard InChI is InChI=1S/C19H25N3O4S2/c1-3-26-18-7-5-4-6-15(18)14-21(2)19(23)17-12-16(13-20-17)28(24,25)22-8-10-27-11-9-22/h4-7,12-13,20H,3,8-11,14H2,1-2H3. The first-order valence-corrected chi connectivity index (χ1v) is 11.8. The van der Waals surface area contributed by atoms with Crippen molar-refractivity contribution in [3.05, 3.63) is 47.8 Å². The molecule has 1 amide bonds. The second kappa shape index (κ2) is 9.02. The first-order valence-electron chi connectivity index (χ1n) is 9.16. The monoisotopic (exact) mass is 423 g/mol. The topological polar surface area (TPSA) is 82.7 Å². The predicted molar refractivity (Wildman–Crippen MR) is 110 cm³/mol. The number of amides is 1. The Balaban J connectivity index is 1.73. The van der Waals surface area contributed by atoms with Gasteiger partial charge in [-0.25, -0.2) is 8.42 Å². The Hall–Kier alpha value is -1.97. The van der Waals surface area contributed by atoms with E-state index in [0.717, 1.165) is 22.8 Å². The minimum Gasteiger partial charge on any atom is -0.494 e. The van der Waals surface area contributed by atoms with Crippen LogP contribution in [-0.4, -0.2) is 66.8 Å².